The van der Waals surface area contributed by atoms with E-state index >= 15 is 0 Å². The minimum Gasteiger partial charge on any atom is -0.480 e. The maximum absolute atomic E-state index is 11.9. The Kier molecular flexibility index (Phi) is 6.16. The summed E-state index contributed by atoms with van der Waals surface area (Å²) in [6, 6.07) is 5.44. The van der Waals surface area contributed by atoms with Gasteiger partial charge in [-0.3, -0.25) is 4.79 Å². The smallest absolute Gasteiger partial charge is 0.326 e. The molecule has 4 N–H and O–H groups in total. The van der Waals surface area contributed by atoms with Crippen molar-refractivity contribution in [2.24, 2.45) is 5.73 Å². The molecule has 1 aromatic carbocycles. The Bertz CT molecular complexity index is 533. The number of benzene rings is 1. The van der Waals surface area contributed by atoms with Crippen molar-refractivity contribution < 1.29 is 19.5 Å². The second-order valence-electron chi connectivity index (χ2n) is 4.49. The van der Waals surface area contributed by atoms with Crippen LogP contribution in [0.4, 0.5) is 4.79 Å². The van der Waals surface area contributed by atoms with E-state index in [9.17, 15) is 14.4 Å². The second-order valence-corrected chi connectivity index (χ2v) is 5.41. The van der Waals surface area contributed by atoms with Crippen molar-refractivity contribution in [3.8, 4) is 0 Å². The summed E-state index contributed by atoms with van der Waals surface area (Å²) in [6.45, 7) is 0.308. The number of nitrogens with one attached hydrogen (secondary N) is 1. The number of carbonyl (C=O) groups excluding carboxylic acids is 2. The molecule has 3 amide bonds. The summed E-state index contributed by atoms with van der Waals surface area (Å²) in [5.74, 6) is -2.10. The fourth-order valence-corrected chi connectivity index (χ4v) is 1.86. The largest absolute Gasteiger partial charge is 0.480 e. The second kappa shape index (κ2) is 7.63. The Hall–Kier alpha value is -2.09. The molecule has 0 radical (unpaired) electrons. The first-order chi connectivity index (χ1) is 9.79. The lowest BCUT2D eigenvalue weighted by molar-refractivity contribution is -0.140. The van der Waals surface area contributed by atoms with Gasteiger partial charge >= 0.3 is 12.0 Å². The number of primary amides is 1. The predicted octanol–water partition coefficient (Wildman–Crippen LogP) is 0.919. The van der Waals surface area contributed by atoms with E-state index in [1.807, 2.05) is 24.3 Å². The summed E-state index contributed by atoms with van der Waals surface area (Å²) >= 11 is 3.31. The summed E-state index contributed by atoms with van der Waals surface area (Å²) in [6.07, 6.45) is -0.451. The number of nitrogens with two attached hydrogens (primary N) is 1. The molecule has 0 saturated carbocycles. The molecule has 0 aromatic heterocycles. The highest BCUT2D eigenvalue weighted by Crippen LogP contribution is 2.11. The molecule has 1 aromatic rings. The van der Waals surface area contributed by atoms with Crippen LogP contribution in [0.2, 0.25) is 0 Å². The minimum atomic E-state index is -1.33. The molecule has 0 unspecified atom stereocenters. The third-order valence-electron chi connectivity index (χ3n) is 2.68. The van der Waals surface area contributed by atoms with Crippen molar-refractivity contribution in [3.05, 3.63) is 34.3 Å². The third kappa shape index (κ3) is 5.82. The Morgan fingerprint density at radius 1 is 1.33 bits per heavy atom. The van der Waals surface area contributed by atoms with Gasteiger partial charge < -0.3 is 21.1 Å². The lowest BCUT2D eigenvalue weighted by Crippen LogP contribution is -2.48. The number of hydrogen-bond donors (Lipinski definition) is 3. The van der Waals surface area contributed by atoms with Gasteiger partial charge in [-0.15, -0.1) is 0 Å². The van der Waals surface area contributed by atoms with E-state index in [2.05, 4.69) is 21.2 Å². The van der Waals surface area contributed by atoms with Gasteiger partial charge in [0.15, 0.2) is 0 Å². The topological polar surface area (TPSA) is 113 Å². The molecular formula is C13H16BrN3O4. The zero-order valence-electron chi connectivity index (χ0n) is 11.4. The van der Waals surface area contributed by atoms with Gasteiger partial charge in [-0.1, -0.05) is 28.1 Å². The first kappa shape index (κ1) is 17.0. The Morgan fingerprint density at radius 3 is 2.38 bits per heavy atom. The zero-order chi connectivity index (χ0) is 16.0. The van der Waals surface area contributed by atoms with Gasteiger partial charge in [-0.05, 0) is 17.7 Å². The number of carbonyl (C=O) groups is 3. The highest BCUT2D eigenvalue weighted by molar-refractivity contribution is 9.10. The number of nitrogens with zero attached hydrogens (tertiary/aromatic N) is 1. The Labute approximate surface area is 130 Å². The lowest BCUT2D eigenvalue weighted by Gasteiger charge is -2.21. The molecular weight excluding hydrogens is 342 g/mol. The third-order valence-corrected chi connectivity index (χ3v) is 3.21. The summed E-state index contributed by atoms with van der Waals surface area (Å²) in [4.78, 5) is 34.9. The summed E-state index contributed by atoms with van der Waals surface area (Å²) in [5, 5.41) is 11.2. The van der Waals surface area contributed by atoms with Crippen LogP contribution in [0.3, 0.4) is 0 Å². The van der Waals surface area contributed by atoms with Crippen molar-refractivity contribution in [2.75, 3.05) is 7.05 Å². The van der Waals surface area contributed by atoms with Crippen LogP contribution >= 0.6 is 15.9 Å². The predicted molar refractivity (Wildman–Crippen MR) is 79.4 cm³/mol. The zero-order valence-corrected chi connectivity index (χ0v) is 13.0. The maximum atomic E-state index is 11.9. The molecule has 1 rings (SSSR count). The van der Waals surface area contributed by atoms with Gasteiger partial charge in [-0.2, -0.15) is 0 Å². The molecule has 0 heterocycles. The van der Waals surface area contributed by atoms with Crippen LogP contribution in [-0.4, -0.2) is 41.0 Å². The molecule has 7 nitrogen and oxygen atoms in total. The van der Waals surface area contributed by atoms with Crippen molar-refractivity contribution in [2.45, 2.75) is 19.0 Å². The summed E-state index contributed by atoms with van der Waals surface area (Å²) in [7, 11) is 1.53. The highest BCUT2D eigenvalue weighted by Gasteiger charge is 2.23. The molecule has 0 fully saturated rings. The van der Waals surface area contributed by atoms with Gasteiger partial charge in [0.25, 0.3) is 0 Å². The fraction of sp³-hybridized carbons (Fsp3) is 0.308. The van der Waals surface area contributed by atoms with Crippen LogP contribution < -0.4 is 11.1 Å². The molecule has 21 heavy (non-hydrogen) atoms. The van der Waals surface area contributed by atoms with Crippen LogP contribution in [0, 0.1) is 0 Å². The Morgan fingerprint density at radius 2 is 1.90 bits per heavy atom. The van der Waals surface area contributed by atoms with Crippen LogP contribution in [0.5, 0.6) is 0 Å². The van der Waals surface area contributed by atoms with E-state index in [1.54, 1.807) is 0 Å². The van der Waals surface area contributed by atoms with Gasteiger partial charge in [-0.25, -0.2) is 9.59 Å². The maximum Gasteiger partial charge on any atom is 0.326 e. The van der Waals surface area contributed by atoms with Crippen LogP contribution in [0.25, 0.3) is 0 Å². The van der Waals surface area contributed by atoms with Crippen molar-refractivity contribution in [1.82, 2.24) is 10.2 Å². The van der Waals surface area contributed by atoms with E-state index < -0.39 is 30.4 Å². The van der Waals surface area contributed by atoms with E-state index in [-0.39, 0.29) is 0 Å². The average molecular weight is 358 g/mol. The van der Waals surface area contributed by atoms with Gasteiger partial charge in [0, 0.05) is 18.1 Å². The summed E-state index contributed by atoms with van der Waals surface area (Å²) in [5.41, 5.74) is 5.84. The molecule has 0 aliphatic carbocycles. The van der Waals surface area contributed by atoms with E-state index in [0.717, 1.165) is 10.0 Å². The van der Waals surface area contributed by atoms with Gasteiger partial charge in [0.05, 0.1) is 6.42 Å². The average Bonchev–Trinajstić information content (AvgIpc) is 2.39. The molecule has 1 atom stereocenters. The normalized spacial score (nSPS) is 11.5. The van der Waals surface area contributed by atoms with E-state index in [4.69, 9.17) is 10.8 Å². The summed E-state index contributed by atoms with van der Waals surface area (Å²) < 4.78 is 0.922. The van der Waals surface area contributed by atoms with E-state index in [1.165, 1.54) is 11.9 Å². The van der Waals surface area contributed by atoms with Gasteiger partial charge in [0.1, 0.15) is 6.04 Å². The number of rotatable bonds is 6. The number of aliphatic carboxylic acids is 1. The molecule has 0 bridgehead atoms. The number of amides is 3. The molecule has 0 aliphatic rings. The van der Waals surface area contributed by atoms with Crippen LogP contribution in [-0.2, 0) is 16.1 Å². The van der Waals surface area contributed by atoms with E-state index in [0.29, 0.717) is 6.54 Å². The fourth-order valence-electron chi connectivity index (χ4n) is 1.60. The quantitative estimate of drug-likeness (QED) is 0.702. The number of carboxylic acid groups (broad SMARTS) is 1. The van der Waals surface area contributed by atoms with Crippen LogP contribution in [0.15, 0.2) is 28.7 Å². The first-order valence-electron chi connectivity index (χ1n) is 6.06. The SMILES string of the molecule is CN(Cc1ccc(Br)cc1)C(=O)N[C@@H](CC(N)=O)C(=O)O. The first-order valence-corrected chi connectivity index (χ1v) is 6.86. The monoisotopic (exact) mass is 357 g/mol. The lowest BCUT2D eigenvalue weighted by atomic mass is 10.2. The minimum absolute atomic E-state index is 0.308. The van der Waals surface area contributed by atoms with Gasteiger partial charge in [0.2, 0.25) is 5.91 Å². The van der Waals surface area contributed by atoms with Crippen molar-refractivity contribution in [3.63, 3.8) is 0 Å². The van der Waals surface area contributed by atoms with Crippen LogP contribution in [0.1, 0.15) is 12.0 Å². The Balaban J connectivity index is 2.62. The highest BCUT2D eigenvalue weighted by atomic mass is 79.9. The number of halogens is 1. The van der Waals surface area contributed by atoms with Crippen molar-refractivity contribution in [1.29, 1.82) is 0 Å². The molecule has 0 saturated heterocycles. The molecule has 8 heteroatoms. The molecule has 0 aliphatic heterocycles. The molecule has 0 spiro atoms. The number of carboxylic acids is 1. The number of hydrogen-bond acceptors (Lipinski definition) is 3. The number of urea groups is 1. The standard InChI is InChI=1S/C13H16BrN3O4/c1-17(7-8-2-4-9(14)5-3-8)13(21)16-10(12(19)20)6-11(15)18/h2-5,10H,6-7H2,1H3,(H2,15,18)(H,16,21)(H,19,20)/t10-/m0/s1. The molecule has 114 valence electrons. The van der Waals surface area contributed by atoms with Crippen molar-refractivity contribution >= 4 is 33.8 Å².